The molecular formula is C26H26N6O3. The predicted molar refractivity (Wildman–Crippen MR) is 138 cm³/mol. The number of ether oxygens (including phenoxy) is 2. The second-order valence-electron chi connectivity index (χ2n) is 7.78. The zero-order chi connectivity index (χ0) is 24.8. The summed E-state index contributed by atoms with van der Waals surface area (Å²) in [6, 6.07) is 18.6. The first-order chi connectivity index (χ1) is 16.9. The van der Waals surface area contributed by atoms with Crippen LogP contribution in [0.4, 0.5) is 17.5 Å². The normalized spacial score (nSPS) is 11.0. The summed E-state index contributed by atoms with van der Waals surface area (Å²) in [5.74, 6) is 1.42. The number of hydrogen-bond donors (Lipinski definition) is 3. The van der Waals surface area contributed by atoms with Crippen molar-refractivity contribution in [3.05, 3.63) is 77.4 Å². The maximum Gasteiger partial charge on any atom is 0.251 e. The quantitative estimate of drug-likeness (QED) is 0.335. The van der Waals surface area contributed by atoms with E-state index in [0.717, 1.165) is 16.8 Å². The highest BCUT2D eigenvalue weighted by Crippen LogP contribution is 2.24. The summed E-state index contributed by atoms with van der Waals surface area (Å²) in [4.78, 5) is 25.2. The Kier molecular flexibility index (Phi) is 7.06. The Morgan fingerprint density at radius 1 is 0.971 bits per heavy atom. The van der Waals surface area contributed by atoms with Crippen LogP contribution in [0.3, 0.4) is 0 Å². The lowest BCUT2D eigenvalue weighted by atomic mass is 10.1. The van der Waals surface area contributed by atoms with Crippen molar-refractivity contribution in [3.63, 3.8) is 0 Å². The van der Waals surface area contributed by atoms with Crippen LogP contribution in [0.25, 0.3) is 10.9 Å². The highest BCUT2D eigenvalue weighted by Gasteiger charge is 2.09. The summed E-state index contributed by atoms with van der Waals surface area (Å²) in [6.45, 7) is 0.497. The van der Waals surface area contributed by atoms with Crippen molar-refractivity contribution in [2.24, 2.45) is 4.99 Å². The van der Waals surface area contributed by atoms with Gasteiger partial charge in [0.2, 0.25) is 5.95 Å². The van der Waals surface area contributed by atoms with Gasteiger partial charge in [0, 0.05) is 29.8 Å². The van der Waals surface area contributed by atoms with E-state index in [1.807, 2.05) is 42.5 Å². The van der Waals surface area contributed by atoms with Crippen molar-refractivity contribution in [1.82, 2.24) is 15.3 Å². The van der Waals surface area contributed by atoms with Gasteiger partial charge in [-0.2, -0.15) is 4.98 Å². The minimum absolute atomic E-state index is 0.145. The molecular weight excluding hydrogens is 444 g/mol. The molecule has 4 aromatic rings. The number of carbonyl (C=O) groups excluding carboxylic acids is 1. The summed E-state index contributed by atoms with van der Waals surface area (Å²) >= 11 is 0. The highest BCUT2D eigenvalue weighted by molar-refractivity contribution is 5.95. The number of nitrogens with one attached hydrogen (secondary N) is 1. The standard InChI is InChI=1S/C26H26N6O3/c1-34-20-11-18(12-21(14-20)35-2)25(33)29-10-9-16-3-5-17(6-4-16)15-30-19-7-8-23-22(13-19)24(27)32-26(28)31-23/h3-8,11-15H,9-10H2,1-2H3,(H,29,33)(H4,27,28,31,32). The summed E-state index contributed by atoms with van der Waals surface area (Å²) in [5, 5.41) is 3.64. The van der Waals surface area contributed by atoms with E-state index in [1.54, 1.807) is 38.6 Å². The molecule has 0 atom stereocenters. The summed E-state index contributed by atoms with van der Waals surface area (Å²) < 4.78 is 10.4. The second kappa shape index (κ2) is 10.5. The number of carbonyl (C=O) groups is 1. The van der Waals surface area contributed by atoms with Crippen LogP contribution in [0, 0.1) is 0 Å². The number of amides is 1. The molecule has 0 spiro atoms. The Morgan fingerprint density at radius 3 is 2.37 bits per heavy atom. The average molecular weight is 471 g/mol. The fourth-order valence-electron chi connectivity index (χ4n) is 3.52. The molecule has 9 nitrogen and oxygen atoms in total. The van der Waals surface area contributed by atoms with Crippen LogP contribution < -0.4 is 26.3 Å². The van der Waals surface area contributed by atoms with E-state index in [0.29, 0.717) is 46.7 Å². The van der Waals surface area contributed by atoms with Gasteiger partial charge in [0.25, 0.3) is 5.91 Å². The van der Waals surface area contributed by atoms with Crippen molar-refractivity contribution in [3.8, 4) is 11.5 Å². The molecule has 178 valence electrons. The molecule has 0 fully saturated rings. The maximum atomic E-state index is 12.5. The van der Waals surface area contributed by atoms with Gasteiger partial charge in [-0.25, -0.2) is 4.98 Å². The Hall–Kier alpha value is -4.66. The van der Waals surface area contributed by atoms with Gasteiger partial charge >= 0.3 is 0 Å². The zero-order valence-electron chi connectivity index (χ0n) is 19.5. The smallest absolute Gasteiger partial charge is 0.251 e. The van der Waals surface area contributed by atoms with E-state index in [1.165, 1.54) is 0 Å². The molecule has 9 heteroatoms. The number of benzene rings is 3. The molecule has 0 bridgehead atoms. The van der Waals surface area contributed by atoms with Crippen LogP contribution in [0.5, 0.6) is 11.5 Å². The van der Waals surface area contributed by atoms with Crippen molar-refractivity contribution in [2.75, 3.05) is 32.2 Å². The SMILES string of the molecule is COc1cc(OC)cc(C(=O)NCCc2ccc(C=Nc3ccc4nc(N)nc(N)c4c3)cc2)c1. The van der Waals surface area contributed by atoms with Crippen molar-refractivity contribution < 1.29 is 14.3 Å². The number of aliphatic imine (C=N–C) groups is 1. The van der Waals surface area contributed by atoms with Crippen molar-refractivity contribution in [2.45, 2.75) is 6.42 Å². The Labute approximate surface area is 202 Å². The highest BCUT2D eigenvalue weighted by atomic mass is 16.5. The molecule has 0 radical (unpaired) electrons. The number of methoxy groups -OCH3 is 2. The number of rotatable bonds is 8. The number of hydrogen-bond acceptors (Lipinski definition) is 8. The van der Waals surface area contributed by atoms with Gasteiger partial charge in [0.15, 0.2) is 0 Å². The zero-order valence-corrected chi connectivity index (χ0v) is 19.5. The third-order valence-corrected chi connectivity index (χ3v) is 5.38. The van der Waals surface area contributed by atoms with Crippen molar-refractivity contribution >= 4 is 40.5 Å². The molecule has 0 saturated heterocycles. The molecule has 0 aliphatic heterocycles. The van der Waals surface area contributed by atoms with Crippen LogP contribution in [0.2, 0.25) is 0 Å². The summed E-state index contributed by atoms with van der Waals surface area (Å²) in [5.41, 5.74) is 15.5. The van der Waals surface area contributed by atoms with Gasteiger partial charge in [-0.1, -0.05) is 24.3 Å². The first-order valence-corrected chi connectivity index (χ1v) is 10.9. The molecule has 1 heterocycles. The first kappa shape index (κ1) is 23.5. The number of anilines is 2. The largest absolute Gasteiger partial charge is 0.497 e. The van der Waals surface area contributed by atoms with E-state index >= 15 is 0 Å². The third-order valence-electron chi connectivity index (χ3n) is 5.38. The Morgan fingerprint density at radius 2 is 1.69 bits per heavy atom. The van der Waals surface area contributed by atoms with Crippen LogP contribution in [0.15, 0.2) is 65.7 Å². The first-order valence-electron chi connectivity index (χ1n) is 10.9. The van der Waals surface area contributed by atoms with Gasteiger partial charge in [-0.05, 0) is 47.9 Å². The molecule has 4 rings (SSSR count). The number of nitrogen functional groups attached to an aromatic ring is 2. The van der Waals surface area contributed by atoms with Crippen molar-refractivity contribution in [1.29, 1.82) is 0 Å². The molecule has 1 amide bonds. The maximum absolute atomic E-state index is 12.5. The monoisotopic (exact) mass is 470 g/mol. The Balaban J connectivity index is 1.34. The van der Waals surface area contributed by atoms with Gasteiger partial charge in [-0.3, -0.25) is 9.79 Å². The third kappa shape index (κ3) is 5.83. The second-order valence-corrected chi connectivity index (χ2v) is 7.78. The Bertz CT molecular complexity index is 1360. The fourth-order valence-corrected chi connectivity index (χ4v) is 3.52. The lowest BCUT2D eigenvalue weighted by Gasteiger charge is -2.09. The molecule has 0 aliphatic carbocycles. The van der Waals surface area contributed by atoms with Gasteiger partial charge in [0.1, 0.15) is 17.3 Å². The van der Waals surface area contributed by atoms with E-state index in [2.05, 4.69) is 20.3 Å². The molecule has 0 saturated carbocycles. The number of fused-ring (bicyclic) bond motifs is 1. The topological polar surface area (TPSA) is 138 Å². The predicted octanol–water partition coefficient (Wildman–Crippen LogP) is 3.53. The van der Waals surface area contributed by atoms with Crippen LogP contribution in [-0.2, 0) is 6.42 Å². The van der Waals surface area contributed by atoms with E-state index in [-0.39, 0.29) is 11.9 Å². The van der Waals surface area contributed by atoms with Crippen LogP contribution in [0.1, 0.15) is 21.5 Å². The lowest BCUT2D eigenvalue weighted by molar-refractivity contribution is 0.0953. The molecule has 1 aromatic heterocycles. The molecule has 0 aliphatic rings. The molecule has 35 heavy (non-hydrogen) atoms. The lowest BCUT2D eigenvalue weighted by Crippen LogP contribution is -2.25. The number of aromatic nitrogens is 2. The molecule has 0 unspecified atom stereocenters. The summed E-state index contributed by atoms with van der Waals surface area (Å²) in [6.07, 6.45) is 2.47. The fraction of sp³-hybridized carbons (Fsp3) is 0.154. The number of nitrogens with two attached hydrogens (primary N) is 2. The van der Waals surface area contributed by atoms with Crippen LogP contribution in [-0.4, -0.2) is 42.9 Å². The van der Waals surface area contributed by atoms with Gasteiger partial charge in [0.05, 0.1) is 25.4 Å². The van der Waals surface area contributed by atoms with Gasteiger partial charge in [-0.15, -0.1) is 0 Å². The van der Waals surface area contributed by atoms with Gasteiger partial charge < -0.3 is 26.3 Å². The molecule has 5 N–H and O–H groups in total. The average Bonchev–Trinajstić information content (AvgIpc) is 2.87. The van der Waals surface area contributed by atoms with Crippen LogP contribution >= 0.6 is 0 Å². The van der Waals surface area contributed by atoms with E-state index in [9.17, 15) is 4.79 Å². The molecule has 3 aromatic carbocycles. The van der Waals surface area contributed by atoms with E-state index < -0.39 is 0 Å². The van der Waals surface area contributed by atoms with E-state index in [4.69, 9.17) is 20.9 Å². The minimum Gasteiger partial charge on any atom is -0.497 e. The summed E-state index contributed by atoms with van der Waals surface area (Å²) in [7, 11) is 3.10. The number of nitrogens with zero attached hydrogens (tertiary/aromatic N) is 3. The minimum atomic E-state index is -0.185.